The normalized spacial score (nSPS) is 10.6. The second-order valence-electron chi connectivity index (χ2n) is 5.63. The van der Waals surface area contributed by atoms with Crippen molar-refractivity contribution in [1.29, 1.82) is 5.26 Å². The Morgan fingerprint density at radius 3 is 2.92 bits per heavy atom. The molecule has 0 aliphatic heterocycles. The maximum atomic E-state index is 12.6. The van der Waals surface area contributed by atoms with Crippen LogP contribution in [0.5, 0.6) is 0 Å². The summed E-state index contributed by atoms with van der Waals surface area (Å²) in [6, 6.07) is 15.3. The van der Waals surface area contributed by atoms with E-state index < -0.39 is 0 Å². The number of para-hydroxylation sites is 1. The fourth-order valence-electron chi connectivity index (χ4n) is 2.56. The third kappa shape index (κ3) is 3.67. The molecular weight excluding hydrogens is 332 g/mol. The Balaban J connectivity index is 1.82. The minimum Gasteiger partial charge on any atom is -0.331 e. The van der Waals surface area contributed by atoms with Gasteiger partial charge < -0.3 is 9.88 Å². The summed E-state index contributed by atoms with van der Waals surface area (Å²) in [6.07, 6.45) is 0.475. The van der Waals surface area contributed by atoms with E-state index in [0.717, 1.165) is 27.4 Å². The van der Waals surface area contributed by atoms with E-state index in [4.69, 9.17) is 5.26 Å². The van der Waals surface area contributed by atoms with E-state index in [1.54, 1.807) is 11.8 Å². The number of amides is 1. The summed E-state index contributed by atoms with van der Waals surface area (Å²) in [5.74, 6) is 1.44. The molecule has 0 unspecified atom stereocenters. The maximum absolute atomic E-state index is 12.6. The minimum atomic E-state index is -0.168. The summed E-state index contributed by atoms with van der Waals surface area (Å²) in [5.41, 5.74) is 3.14. The molecule has 0 spiro atoms. The first kappa shape index (κ1) is 17.1. The van der Waals surface area contributed by atoms with Crippen molar-refractivity contribution in [2.24, 2.45) is 7.05 Å². The highest BCUT2D eigenvalue weighted by Crippen LogP contribution is 2.28. The van der Waals surface area contributed by atoms with Crippen LogP contribution in [0.25, 0.3) is 11.0 Å². The van der Waals surface area contributed by atoms with E-state index in [1.165, 1.54) is 0 Å². The van der Waals surface area contributed by atoms with Gasteiger partial charge in [0.1, 0.15) is 5.82 Å². The second kappa shape index (κ2) is 7.41. The summed E-state index contributed by atoms with van der Waals surface area (Å²) in [4.78, 5) is 18.1. The number of nitrogens with zero attached hydrogens (tertiary/aromatic N) is 3. The number of nitriles is 1. The van der Waals surface area contributed by atoms with Gasteiger partial charge in [-0.15, -0.1) is 11.8 Å². The topological polar surface area (TPSA) is 70.7 Å². The SMILES string of the molecule is Cc1nc2cc(C(=O)Nc3ccccc3SCCC#N)ccc2n1C. The van der Waals surface area contributed by atoms with E-state index >= 15 is 0 Å². The molecule has 1 heterocycles. The summed E-state index contributed by atoms with van der Waals surface area (Å²) >= 11 is 1.56. The fraction of sp³-hybridized carbons (Fsp3) is 0.211. The molecule has 0 saturated heterocycles. The van der Waals surface area contributed by atoms with E-state index in [9.17, 15) is 4.79 Å². The Kier molecular flexibility index (Phi) is 5.05. The van der Waals surface area contributed by atoms with Crippen molar-refractivity contribution in [3.8, 4) is 6.07 Å². The van der Waals surface area contributed by atoms with Gasteiger partial charge in [-0.05, 0) is 37.3 Å². The molecule has 1 amide bonds. The molecule has 25 heavy (non-hydrogen) atoms. The van der Waals surface area contributed by atoms with Gasteiger partial charge in [-0.3, -0.25) is 4.79 Å². The number of hydrogen-bond donors (Lipinski definition) is 1. The van der Waals surface area contributed by atoms with Crippen molar-refractivity contribution < 1.29 is 4.79 Å². The van der Waals surface area contributed by atoms with Crippen LogP contribution in [0.3, 0.4) is 0 Å². The zero-order valence-corrected chi connectivity index (χ0v) is 14.9. The van der Waals surface area contributed by atoms with Gasteiger partial charge in [0.2, 0.25) is 0 Å². The summed E-state index contributed by atoms with van der Waals surface area (Å²) < 4.78 is 2.00. The lowest BCUT2D eigenvalue weighted by Crippen LogP contribution is -2.12. The van der Waals surface area contributed by atoms with Crippen molar-refractivity contribution in [1.82, 2.24) is 9.55 Å². The van der Waals surface area contributed by atoms with Crippen LogP contribution >= 0.6 is 11.8 Å². The molecule has 6 heteroatoms. The number of imidazole rings is 1. The number of anilines is 1. The van der Waals surface area contributed by atoms with Gasteiger partial charge in [-0.2, -0.15) is 5.26 Å². The molecular formula is C19H18N4OS. The van der Waals surface area contributed by atoms with E-state index in [0.29, 0.717) is 17.7 Å². The number of carbonyl (C=O) groups is 1. The van der Waals surface area contributed by atoms with Gasteiger partial charge in [0.25, 0.3) is 5.91 Å². The monoisotopic (exact) mass is 350 g/mol. The number of aromatic nitrogens is 2. The average Bonchev–Trinajstić information content (AvgIpc) is 2.90. The molecule has 0 fully saturated rings. The lowest BCUT2D eigenvalue weighted by Gasteiger charge is -2.10. The van der Waals surface area contributed by atoms with Gasteiger partial charge in [0, 0.05) is 29.7 Å². The van der Waals surface area contributed by atoms with Crippen molar-refractivity contribution in [2.45, 2.75) is 18.2 Å². The highest BCUT2D eigenvalue weighted by atomic mass is 32.2. The van der Waals surface area contributed by atoms with Crippen LogP contribution in [0.1, 0.15) is 22.6 Å². The predicted octanol–water partition coefficient (Wildman–Crippen LogP) is 4.14. The number of nitrogens with one attached hydrogen (secondary N) is 1. The van der Waals surface area contributed by atoms with E-state index in [-0.39, 0.29) is 5.91 Å². The quantitative estimate of drug-likeness (QED) is 0.554. The number of thioether (sulfide) groups is 1. The lowest BCUT2D eigenvalue weighted by molar-refractivity contribution is 0.102. The van der Waals surface area contributed by atoms with Gasteiger partial charge in [-0.1, -0.05) is 12.1 Å². The van der Waals surface area contributed by atoms with Gasteiger partial charge in [0.15, 0.2) is 0 Å². The summed E-state index contributed by atoms with van der Waals surface area (Å²) in [5, 5.41) is 11.6. The van der Waals surface area contributed by atoms with Crippen LogP contribution in [0.2, 0.25) is 0 Å². The fourth-order valence-corrected chi connectivity index (χ4v) is 3.42. The van der Waals surface area contributed by atoms with Crippen LogP contribution in [0.4, 0.5) is 5.69 Å². The Bertz CT molecular complexity index is 971. The lowest BCUT2D eigenvalue weighted by atomic mass is 10.2. The van der Waals surface area contributed by atoms with Crippen LogP contribution in [-0.4, -0.2) is 21.2 Å². The first-order valence-electron chi connectivity index (χ1n) is 7.93. The number of rotatable bonds is 5. The number of aryl methyl sites for hydroxylation is 2. The molecule has 0 saturated carbocycles. The zero-order chi connectivity index (χ0) is 17.8. The van der Waals surface area contributed by atoms with Crippen molar-refractivity contribution in [3.63, 3.8) is 0 Å². The second-order valence-corrected chi connectivity index (χ2v) is 6.77. The minimum absolute atomic E-state index is 0.168. The molecule has 0 aliphatic carbocycles. The number of hydrogen-bond acceptors (Lipinski definition) is 4. The largest absolute Gasteiger partial charge is 0.331 e. The standard InChI is InChI=1S/C19H18N4OS/c1-13-21-16-12-14(8-9-17(16)23(13)2)19(24)22-15-6-3-4-7-18(15)25-11-5-10-20/h3-4,6-9,12H,5,11H2,1-2H3,(H,22,24). The molecule has 5 nitrogen and oxygen atoms in total. The molecule has 126 valence electrons. The van der Waals surface area contributed by atoms with Crippen LogP contribution in [0.15, 0.2) is 47.4 Å². The first-order valence-corrected chi connectivity index (χ1v) is 8.92. The molecule has 3 aromatic rings. The first-order chi connectivity index (χ1) is 12.1. The molecule has 0 bridgehead atoms. The van der Waals surface area contributed by atoms with Gasteiger partial charge in [0.05, 0.1) is 22.8 Å². The Morgan fingerprint density at radius 2 is 2.12 bits per heavy atom. The van der Waals surface area contributed by atoms with Crippen molar-refractivity contribution in [2.75, 3.05) is 11.1 Å². The molecule has 1 aromatic heterocycles. The summed E-state index contributed by atoms with van der Waals surface area (Å²) in [7, 11) is 1.96. The zero-order valence-electron chi connectivity index (χ0n) is 14.1. The highest BCUT2D eigenvalue weighted by molar-refractivity contribution is 7.99. The predicted molar refractivity (Wildman–Crippen MR) is 101 cm³/mol. The van der Waals surface area contributed by atoms with Gasteiger partial charge >= 0.3 is 0 Å². The highest BCUT2D eigenvalue weighted by Gasteiger charge is 2.12. The van der Waals surface area contributed by atoms with Gasteiger partial charge in [-0.25, -0.2) is 4.98 Å². The number of fused-ring (bicyclic) bond motifs is 1. The molecule has 2 aromatic carbocycles. The molecule has 0 aliphatic rings. The number of carbonyl (C=O) groups excluding carboxylic acids is 1. The molecule has 1 N–H and O–H groups in total. The third-order valence-corrected chi connectivity index (χ3v) is 5.05. The smallest absolute Gasteiger partial charge is 0.255 e. The Morgan fingerprint density at radius 1 is 1.32 bits per heavy atom. The van der Waals surface area contributed by atoms with Crippen LogP contribution in [-0.2, 0) is 7.05 Å². The number of benzene rings is 2. The Labute approximate surface area is 150 Å². The van der Waals surface area contributed by atoms with Crippen molar-refractivity contribution >= 4 is 34.4 Å². The Hall–Kier alpha value is -2.78. The molecule has 0 radical (unpaired) electrons. The third-order valence-electron chi connectivity index (χ3n) is 3.97. The van der Waals surface area contributed by atoms with Crippen molar-refractivity contribution in [3.05, 3.63) is 53.9 Å². The van der Waals surface area contributed by atoms with E-state index in [2.05, 4.69) is 16.4 Å². The average molecular weight is 350 g/mol. The molecule has 0 atom stereocenters. The maximum Gasteiger partial charge on any atom is 0.255 e. The van der Waals surface area contributed by atoms with Crippen LogP contribution in [0, 0.1) is 18.3 Å². The van der Waals surface area contributed by atoms with Crippen LogP contribution < -0.4 is 5.32 Å². The summed E-state index contributed by atoms with van der Waals surface area (Å²) in [6.45, 7) is 1.94. The van der Waals surface area contributed by atoms with E-state index in [1.807, 2.05) is 61.0 Å². The molecule has 3 rings (SSSR count).